The Balaban J connectivity index is 1.50. The molecule has 158 valence electrons. The van der Waals surface area contributed by atoms with Crippen LogP contribution in [0.5, 0.6) is 17.2 Å². The van der Waals surface area contributed by atoms with Gasteiger partial charge in [-0.25, -0.2) is 0 Å². The second kappa shape index (κ2) is 8.26. The maximum absolute atomic E-state index is 13.0. The van der Waals surface area contributed by atoms with Crippen LogP contribution in [0, 0.1) is 5.92 Å². The van der Waals surface area contributed by atoms with Crippen LogP contribution in [0.2, 0.25) is 0 Å². The Bertz CT molecular complexity index is 974. The van der Waals surface area contributed by atoms with Crippen LogP contribution in [0.25, 0.3) is 0 Å². The molecule has 0 spiro atoms. The molecular formula is C23H26N2O5. The van der Waals surface area contributed by atoms with Crippen LogP contribution in [0.1, 0.15) is 25.8 Å². The normalized spacial score (nSPS) is 20.0. The Morgan fingerprint density at radius 2 is 2.10 bits per heavy atom. The molecule has 0 bridgehead atoms. The van der Waals surface area contributed by atoms with Crippen LogP contribution in [0.3, 0.4) is 0 Å². The average Bonchev–Trinajstić information content (AvgIpc) is 3.29. The van der Waals surface area contributed by atoms with Gasteiger partial charge in [0.1, 0.15) is 23.4 Å². The van der Waals surface area contributed by atoms with E-state index < -0.39 is 5.92 Å². The summed E-state index contributed by atoms with van der Waals surface area (Å²) < 4.78 is 16.8. The second-order valence-corrected chi connectivity index (χ2v) is 7.62. The van der Waals surface area contributed by atoms with E-state index in [-0.39, 0.29) is 24.3 Å². The fourth-order valence-electron chi connectivity index (χ4n) is 3.96. The number of ether oxygens (including phenoxy) is 3. The molecular weight excluding hydrogens is 384 g/mol. The Labute approximate surface area is 175 Å². The van der Waals surface area contributed by atoms with Gasteiger partial charge in [-0.05, 0) is 32.0 Å². The molecule has 0 radical (unpaired) electrons. The smallest absolute Gasteiger partial charge is 0.229 e. The molecule has 7 nitrogen and oxygen atoms in total. The van der Waals surface area contributed by atoms with Crippen molar-refractivity contribution in [1.29, 1.82) is 0 Å². The Hall–Kier alpha value is -3.22. The zero-order valence-corrected chi connectivity index (χ0v) is 17.4. The van der Waals surface area contributed by atoms with Gasteiger partial charge < -0.3 is 24.4 Å². The highest BCUT2D eigenvalue weighted by molar-refractivity contribution is 6.04. The molecule has 0 saturated carbocycles. The van der Waals surface area contributed by atoms with Gasteiger partial charge in [-0.3, -0.25) is 9.59 Å². The summed E-state index contributed by atoms with van der Waals surface area (Å²) in [5.41, 5.74) is 2.37. The van der Waals surface area contributed by atoms with E-state index in [1.165, 1.54) is 0 Å². The van der Waals surface area contributed by atoms with Crippen LogP contribution in [-0.4, -0.2) is 38.2 Å². The molecule has 2 aliphatic heterocycles. The first kappa shape index (κ1) is 20.1. The zero-order valence-electron chi connectivity index (χ0n) is 17.4. The van der Waals surface area contributed by atoms with Gasteiger partial charge in [0, 0.05) is 42.8 Å². The first-order valence-corrected chi connectivity index (χ1v) is 10.2. The number of fused-ring (bicyclic) bond motifs is 1. The highest BCUT2D eigenvalue weighted by Crippen LogP contribution is 2.38. The average molecular weight is 410 g/mol. The molecule has 0 unspecified atom stereocenters. The monoisotopic (exact) mass is 410 g/mol. The van der Waals surface area contributed by atoms with Crippen LogP contribution in [0.15, 0.2) is 36.4 Å². The highest BCUT2D eigenvalue weighted by atomic mass is 16.5. The van der Waals surface area contributed by atoms with Gasteiger partial charge in [-0.1, -0.05) is 6.07 Å². The van der Waals surface area contributed by atoms with E-state index in [1.54, 1.807) is 18.1 Å². The van der Waals surface area contributed by atoms with Crippen molar-refractivity contribution in [1.82, 2.24) is 0 Å². The molecule has 2 aromatic rings. The summed E-state index contributed by atoms with van der Waals surface area (Å²) in [6.07, 6.45) is 1.08. The number of nitrogens with one attached hydrogen (secondary N) is 1. The Morgan fingerprint density at radius 1 is 1.27 bits per heavy atom. The highest BCUT2D eigenvalue weighted by Gasteiger charge is 2.36. The van der Waals surface area contributed by atoms with Crippen LogP contribution >= 0.6 is 0 Å². The lowest BCUT2D eigenvalue weighted by atomic mass is 10.1. The van der Waals surface area contributed by atoms with Crippen molar-refractivity contribution in [3.05, 3.63) is 42.0 Å². The number of hydrogen-bond acceptors (Lipinski definition) is 5. The minimum absolute atomic E-state index is 0.0838. The summed E-state index contributed by atoms with van der Waals surface area (Å²) in [5, 5.41) is 2.95. The number of benzene rings is 2. The fraction of sp³-hybridized carbons (Fsp3) is 0.391. The van der Waals surface area contributed by atoms with Gasteiger partial charge in [-0.15, -0.1) is 0 Å². The maximum atomic E-state index is 13.0. The lowest BCUT2D eigenvalue weighted by molar-refractivity contribution is -0.122. The number of hydrogen-bond donors (Lipinski definition) is 1. The largest absolute Gasteiger partial charge is 0.497 e. The molecule has 7 heteroatoms. The summed E-state index contributed by atoms with van der Waals surface area (Å²) in [6, 6.07) is 11.0. The number of carbonyl (C=O) groups excluding carboxylic acids is 2. The van der Waals surface area contributed by atoms with Crippen molar-refractivity contribution in [3.63, 3.8) is 0 Å². The standard InChI is InChI=1S/C23H26N2O5/c1-4-29-21-9-15-8-14(2)30-20(15)12-19(21)24-23(27)16-10-22(26)25(13-16)17-6-5-7-18(11-17)28-3/h5-7,9,11-12,14,16H,4,8,10,13H2,1-3H3,(H,24,27)/t14-,16+/m1/s1. The maximum Gasteiger partial charge on any atom is 0.229 e. The molecule has 4 rings (SSSR count). The second-order valence-electron chi connectivity index (χ2n) is 7.62. The van der Waals surface area contributed by atoms with Gasteiger partial charge >= 0.3 is 0 Å². The summed E-state index contributed by atoms with van der Waals surface area (Å²) in [5.74, 6) is 1.31. The summed E-state index contributed by atoms with van der Waals surface area (Å²) in [4.78, 5) is 27.2. The van der Waals surface area contributed by atoms with Gasteiger partial charge in [0.25, 0.3) is 0 Å². The molecule has 0 aliphatic carbocycles. The summed E-state index contributed by atoms with van der Waals surface area (Å²) in [7, 11) is 1.58. The molecule has 1 fully saturated rings. The number of amides is 2. The number of anilines is 2. The van der Waals surface area contributed by atoms with Crippen molar-refractivity contribution in [2.24, 2.45) is 5.92 Å². The van der Waals surface area contributed by atoms with Gasteiger partial charge in [0.2, 0.25) is 11.8 Å². The minimum atomic E-state index is -0.453. The van der Waals surface area contributed by atoms with Crippen molar-refractivity contribution in [2.45, 2.75) is 32.8 Å². The van der Waals surface area contributed by atoms with Crippen molar-refractivity contribution < 1.29 is 23.8 Å². The number of nitrogens with zero attached hydrogens (tertiary/aromatic N) is 1. The van der Waals surface area contributed by atoms with Crippen LogP contribution in [-0.2, 0) is 16.0 Å². The van der Waals surface area contributed by atoms with E-state index in [0.29, 0.717) is 30.3 Å². The van der Waals surface area contributed by atoms with Crippen molar-refractivity contribution in [3.8, 4) is 17.2 Å². The third-order valence-electron chi connectivity index (χ3n) is 5.42. The van der Waals surface area contributed by atoms with Gasteiger partial charge in [0.05, 0.1) is 25.3 Å². The van der Waals surface area contributed by atoms with E-state index in [1.807, 2.05) is 44.2 Å². The number of carbonyl (C=O) groups is 2. The molecule has 2 aromatic carbocycles. The minimum Gasteiger partial charge on any atom is -0.497 e. The third kappa shape index (κ3) is 3.92. The van der Waals surface area contributed by atoms with E-state index in [4.69, 9.17) is 14.2 Å². The molecule has 2 heterocycles. The van der Waals surface area contributed by atoms with E-state index in [0.717, 1.165) is 23.4 Å². The predicted molar refractivity (Wildman–Crippen MR) is 113 cm³/mol. The molecule has 2 atom stereocenters. The van der Waals surface area contributed by atoms with Crippen molar-refractivity contribution in [2.75, 3.05) is 30.5 Å². The van der Waals surface area contributed by atoms with E-state index in [9.17, 15) is 9.59 Å². The lowest BCUT2D eigenvalue weighted by Crippen LogP contribution is -2.28. The quantitative estimate of drug-likeness (QED) is 0.790. The van der Waals surface area contributed by atoms with Crippen molar-refractivity contribution >= 4 is 23.2 Å². The zero-order chi connectivity index (χ0) is 21.3. The molecule has 1 N–H and O–H groups in total. The molecule has 2 amide bonds. The van der Waals surface area contributed by atoms with E-state index in [2.05, 4.69) is 5.32 Å². The predicted octanol–water partition coefficient (Wildman–Crippen LogP) is 3.41. The molecule has 30 heavy (non-hydrogen) atoms. The SMILES string of the molecule is CCOc1cc2c(cc1NC(=O)[C@H]1CC(=O)N(c3cccc(OC)c3)C1)O[C@H](C)C2. The molecule has 2 aliphatic rings. The van der Waals surface area contributed by atoms with E-state index >= 15 is 0 Å². The Kier molecular flexibility index (Phi) is 5.53. The topological polar surface area (TPSA) is 77.1 Å². The van der Waals surface area contributed by atoms with Crippen LogP contribution in [0.4, 0.5) is 11.4 Å². The first-order chi connectivity index (χ1) is 14.5. The molecule has 0 aromatic heterocycles. The first-order valence-electron chi connectivity index (χ1n) is 10.2. The molecule has 1 saturated heterocycles. The third-order valence-corrected chi connectivity index (χ3v) is 5.42. The number of methoxy groups -OCH3 is 1. The summed E-state index contributed by atoms with van der Waals surface area (Å²) >= 11 is 0. The van der Waals surface area contributed by atoms with Gasteiger partial charge in [-0.2, -0.15) is 0 Å². The Morgan fingerprint density at radius 3 is 2.87 bits per heavy atom. The van der Waals surface area contributed by atoms with Crippen LogP contribution < -0.4 is 24.4 Å². The lowest BCUT2D eigenvalue weighted by Gasteiger charge is -2.18. The fourth-order valence-corrected chi connectivity index (χ4v) is 3.96. The summed E-state index contributed by atoms with van der Waals surface area (Å²) in [6.45, 7) is 4.72. The number of rotatable bonds is 6. The van der Waals surface area contributed by atoms with Gasteiger partial charge in [0.15, 0.2) is 0 Å².